The number of carboxylic acids is 1. The summed E-state index contributed by atoms with van der Waals surface area (Å²) < 4.78 is 58.0. The molecule has 88 valence electrons. The number of nitrogens with zero attached hydrogens (tertiary/aromatic N) is 1. The Hall–Kier alpha value is -0.480. The maximum atomic E-state index is 12.1. The molecule has 0 aliphatic carbocycles. The fourth-order valence-electron chi connectivity index (χ4n) is 0.992. The van der Waals surface area contributed by atoms with E-state index in [-0.39, 0.29) is 10.1 Å². The van der Waals surface area contributed by atoms with Crippen LogP contribution in [0.15, 0.2) is 0 Å². The van der Waals surface area contributed by atoms with E-state index in [9.17, 15) is 26.4 Å². The molecule has 1 saturated heterocycles. The third-order valence-corrected chi connectivity index (χ3v) is 4.49. The predicted molar refractivity (Wildman–Crippen MR) is 45.6 cm³/mol. The second-order valence-corrected chi connectivity index (χ2v) is 5.57. The monoisotopic (exact) mass is 265 g/mol. The summed E-state index contributed by atoms with van der Waals surface area (Å²) in [5.74, 6) is -2.24. The van der Waals surface area contributed by atoms with Gasteiger partial charge in [0, 0.05) is 5.75 Å². The molecule has 10 heteroatoms. The molecule has 0 bridgehead atoms. The summed E-state index contributed by atoms with van der Waals surface area (Å²) >= 11 is 0.828. The molecule has 0 aromatic heterocycles. The minimum absolute atomic E-state index is 0.0417. The van der Waals surface area contributed by atoms with Crippen LogP contribution >= 0.6 is 11.8 Å². The molecular formula is C5H6F3NO4S2. The third-order valence-electron chi connectivity index (χ3n) is 1.73. The highest BCUT2D eigenvalue weighted by atomic mass is 32.2. The van der Waals surface area contributed by atoms with Crippen molar-refractivity contribution in [2.75, 3.05) is 11.6 Å². The molecule has 0 aromatic rings. The number of hydrogen-bond acceptors (Lipinski definition) is 4. The summed E-state index contributed by atoms with van der Waals surface area (Å²) in [5.41, 5.74) is -5.45. The lowest BCUT2D eigenvalue weighted by atomic mass is 10.4. The molecule has 1 aliphatic rings. The van der Waals surface area contributed by atoms with Crippen molar-refractivity contribution in [1.82, 2.24) is 4.31 Å². The molecule has 1 atom stereocenters. The first-order chi connectivity index (χ1) is 6.68. The summed E-state index contributed by atoms with van der Waals surface area (Å²) in [4.78, 5) is 10.5. The number of thioether (sulfide) groups is 1. The van der Waals surface area contributed by atoms with Gasteiger partial charge in [-0.05, 0) is 0 Å². The topological polar surface area (TPSA) is 74.7 Å². The van der Waals surface area contributed by atoms with Crippen LogP contribution in [0.5, 0.6) is 0 Å². The number of sulfonamides is 1. The van der Waals surface area contributed by atoms with Crippen molar-refractivity contribution in [2.45, 2.75) is 11.6 Å². The van der Waals surface area contributed by atoms with Crippen LogP contribution in [-0.4, -0.2) is 47.0 Å². The van der Waals surface area contributed by atoms with Gasteiger partial charge in [-0.3, -0.25) is 4.79 Å². The molecule has 0 radical (unpaired) electrons. The van der Waals surface area contributed by atoms with Crippen LogP contribution in [-0.2, 0) is 14.8 Å². The van der Waals surface area contributed by atoms with Crippen molar-refractivity contribution in [3.63, 3.8) is 0 Å². The lowest BCUT2D eigenvalue weighted by molar-refractivity contribution is -0.140. The molecule has 1 fully saturated rings. The van der Waals surface area contributed by atoms with Gasteiger partial charge < -0.3 is 5.11 Å². The summed E-state index contributed by atoms with van der Waals surface area (Å²) in [6.45, 7) is 0. The standard InChI is InChI=1S/C5H6F3NO4S2/c6-5(7,8)15(12,13)9-2-14-1-3(9)4(10)11/h3H,1-2H2,(H,10,11)/t3-/m0/s1. The Bertz CT molecular complexity index is 365. The van der Waals surface area contributed by atoms with Gasteiger partial charge in [0.2, 0.25) is 0 Å². The second kappa shape index (κ2) is 3.83. The highest BCUT2D eigenvalue weighted by Gasteiger charge is 2.54. The normalized spacial score (nSPS) is 24.3. The number of carbonyl (C=O) groups is 1. The van der Waals surface area contributed by atoms with Gasteiger partial charge in [0.15, 0.2) is 0 Å². The van der Waals surface area contributed by atoms with Crippen molar-refractivity contribution >= 4 is 27.8 Å². The number of aliphatic carboxylic acids is 1. The summed E-state index contributed by atoms with van der Waals surface area (Å²) in [6.07, 6.45) is 0. The van der Waals surface area contributed by atoms with Crippen LogP contribution in [0.1, 0.15) is 0 Å². The van der Waals surface area contributed by atoms with Crippen molar-refractivity contribution in [1.29, 1.82) is 0 Å². The van der Waals surface area contributed by atoms with Crippen LogP contribution in [0.3, 0.4) is 0 Å². The van der Waals surface area contributed by atoms with Crippen molar-refractivity contribution in [3.8, 4) is 0 Å². The molecule has 0 saturated carbocycles. The molecule has 1 N–H and O–H groups in total. The smallest absolute Gasteiger partial charge is 0.480 e. The van der Waals surface area contributed by atoms with Crippen LogP contribution < -0.4 is 0 Å². The Labute approximate surface area is 87.3 Å². The first-order valence-electron chi connectivity index (χ1n) is 3.56. The molecule has 1 heterocycles. The lowest BCUT2D eigenvalue weighted by Crippen LogP contribution is -2.47. The van der Waals surface area contributed by atoms with Crippen molar-refractivity contribution in [2.24, 2.45) is 0 Å². The summed E-state index contributed by atoms with van der Waals surface area (Å²) in [6, 6.07) is -1.64. The fraction of sp³-hybridized carbons (Fsp3) is 0.800. The van der Waals surface area contributed by atoms with Gasteiger partial charge in [0.05, 0.1) is 5.88 Å². The van der Waals surface area contributed by atoms with Crippen LogP contribution in [0, 0.1) is 0 Å². The van der Waals surface area contributed by atoms with E-state index in [0.717, 1.165) is 11.8 Å². The Morgan fingerprint density at radius 1 is 1.47 bits per heavy atom. The zero-order chi connectivity index (χ0) is 11.9. The van der Waals surface area contributed by atoms with Gasteiger partial charge in [0.1, 0.15) is 6.04 Å². The van der Waals surface area contributed by atoms with E-state index < -0.39 is 33.4 Å². The molecular weight excluding hydrogens is 259 g/mol. The van der Waals surface area contributed by atoms with E-state index in [1.54, 1.807) is 0 Å². The zero-order valence-electron chi connectivity index (χ0n) is 7.06. The van der Waals surface area contributed by atoms with Crippen molar-refractivity contribution in [3.05, 3.63) is 0 Å². The van der Waals surface area contributed by atoms with Crippen LogP contribution in [0.2, 0.25) is 0 Å². The maximum Gasteiger partial charge on any atom is 0.511 e. The fourth-order valence-corrected chi connectivity index (χ4v) is 3.64. The Kier molecular flexibility index (Phi) is 3.22. The van der Waals surface area contributed by atoms with Crippen molar-refractivity contribution < 1.29 is 31.5 Å². The average molecular weight is 265 g/mol. The zero-order valence-corrected chi connectivity index (χ0v) is 8.69. The molecule has 5 nitrogen and oxygen atoms in total. The molecule has 0 spiro atoms. The molecule has 0 unspecified atom stereocenters. The van der Waals surface area contributed by atoms with Gasteiger partial charge in [0.25, 0.3) is 0 Å². The number of alkyl halides is 3. The lowest BCUT2D eigenvalue weighted by Gasteiger charge is -2.20. The number of rotatable bonds is 2. The number of carboxylic acid groups (broad SMARTS) is 1. The Morgan fingerprint density at radius 3 is 2.40 bits per heavy atom. The average Bonchev–Trinajstić information content (AvgIpc) is 2.48. The Morgan fingerprint density at radius 2 is 2.00 bits per heavy atom. The van der Waals surface area contributed by atoms with Gasteiger partial charge in [-0.15, -0.1) is 11.8 Å². The molecule has 0 amide bonds. The first kappa shape index (κ1) is 12.6. The predicted octanol–water partition coefficient (Wildman–Crippen LogP) is 0.295. The highest BCUT2D eigenvalue weighted by molar-refractivity contribution is 8.00. The molecule has 1 aliphatic heterocycles. The van der Waals surface area contributed by atoms with Crippen LogP contribution in [0.4, 0.5) is 13.2 Å². The molecule has 0 aromatic carbocycles. The minimum Gasteiger partial charge on any atom is -0.480 e. The van der Waals surface area contributed by atoms with E-state index in [2.05, 4.69) is 0 Å². The van der Waals surface area contributed by atoms with Crippen LogP contribution in [0.25, 0.3) is 0 Å². The van der Waals surface area contributed by atoms with E-state index in [1.165, 1.54) is 0 Å². The first-order valence-corrected chi connectivity index (χ1v) is 6.16. The second-order valence-electron chi connectivity index (χ2n) is 2.69. The summed E-state index contributed by atoms with van der Waals surface area (Å²) in [7, 11) is -5.54. The Balaban J connectivity index is 3.03. The summed E-state index contributed by atoms with van der Waals surface area (Å²) in [5, 5.41) is 8.53. The van der Waals surface area contributed by atoms with E-state index >= 15 is 0 Å². The molecule has 15 heavy (non-hydrogen) atoms. The molecule has 1 rings (SSSR count). The highest BCUT2D eigenvalue weighted by Crippen LogP contribution is 2.33. The maximum absolute atomic E-state index is 12.1. The SMILES string of the molecule is O=C(O)[C@@H]1CSCN1S(=O)(=O)C(F)(F)F. The quantitative estimate of drug-likeness (QED) is 0.777. The van der Waals surface area contributed by atoms with E-state index in [1.807, 2.05) is 0 Å². The van der Waals surface area contributed by atoms with Gasteiger partial charge >= 0.3 is 21.5 Å². The van der Waals surface area contributed by atoms with Gasteiger partial charge in [-0.2, -0.15) is 17.5 Å². The van der Waals surface area contributed by atoms with E-state index in [0.29, 0.717) is 0 Å². The van der Waals surface area contributed by atoms with E-state index in [4.69, 9.17) is 5.11 Å². The van der Waals surface area contributed by atoms with Gasteiger partial charge in [-0.25, -0.2) is 8.42 Å². The minimum atomic E-state index is -5.54. The number of halogens is 3. The third kappa shape index (κ3) is 2.21. The largest absolute Gasteiger partial charge is 0.511 e. The van der Waals surface area contributed by atoms with Gasteiger partial charge in [-0.1, -0.05) is 0 Å². The number of hydrogen-bond donors (Lipinski definition) is 1.